The maximum atomic E-state index is 10.7. The molecule has 0 heterocycles. The number of aryl methyl sites for hydroxylation is 1. The van der Waals surface area contributed by atoms with Crippen LogP contribution in [0.5, 0.6) is 0 Å². The molecule has 0 aromatic heterocycles. The molecule has 0 amide bonds. The van der Waals surface area contributed by atoms with E-state index in [1.807, 2.05) is 0 Å². The largest absolute Gasteiger partial charge is 0.481 e. The molecule has 17 heavy (non-hydrogen) atoms. The van der Waals surface area contributed by atoms with E-state index in [1.54, 1.807) is 13.0 Å². The standard InChI is InChI=1S/C11H12N2O4/c1-7-5-8(3-2-4-10(14)15)11(12)9(6-7)13(16)17/h2-3,5-6H,4,12H2,1H3,(H,14,15). The lowest BCUT2D eigenvalue weighted by Crippen LogP contribution is -1.99. The minimum atomic E-state index is -0.970. The van der Waals surface area contributed by atoms with Crippen molar-refractivity contribution in [1.29, 1.82) is 0 Å². The zero-order chi connectivity index (χ0) is 13.0. The molecular weight excluding hydrogens is 224 g/mol. The average molecular weight is 236 g/mol. The molecule has 0 aliphatic carbocycles. The Bertz CT molecular complexity index is 494. The van der Waals surface area contributed by atoms with Gasteiger partial charge >= 0.3 is 5.97 Å². The van der Waals surface area contributed by atoms with E-state index in [4.69, 9.17) is 10.8 Å². The summed E-state index contributed by atoms with van der Waals surface area (Å²) in [5.74, 6) is -0.970. The quantitative estimate of drug-likeness (QED) is 0.472. The van der Waals surface area contributed by atoms with Crippen molar-refractivity contribution in [2.75, 3.05) is 5.73 Å². The summed E-state index contributed by atoms with van der Waals surface area (Å²) in [7, 11) is 0. The van der Waals surface area contributed by atoms with Gasteiger partial charge in [0, 0.05) is 11.6 Å². The maximum absolute atomic E-state index is 10.7. The van der Waals surface area contributed by atoms with Gasteiger partial charge in [-0.2, -0.15) is 0 Å². The molecule has 0 bridgehead atoms. The molecule has 0 radical (unpaired) electrons. The molecular formula is C11H12N2O4. The van der Waals surface area contributed by atoms with E-state index in [9.17, 15) is 14.9 Å². The SMILES string of the molecule is Cc1cc(C=CCC(=O)O)c(N)c([N+](=O)[O-])c1. The fourth-order valence-corrected chi connectivity index (χ4v) is 1.38. The molecule has 90 valence electrons. The predicted molar refractivity (Wildman–Crippen MR) is 63.5 cm³/mol. The number of nitro benzene ring substituents is 1. The molecule has 6 heteroatoms. The van der Waals surface area contributed by atoms with Crippen LogP contribution in [-0.2, 0) is 4.79 Å². The lowest BCUT2D eigenvalue weighted by atomic mass is 10.1. The molecule has 0 aliphatic rings. The summed E-state index contributed by atoms with van der Waals surface area (Å²) in [6, 6.07) is 3.05. The third-order valence-corrected chi connectivity index (χ3v) is 2.12. The van der Waals surface area contributed by atoms with Crippen LogP contribution in [0.25, 0.3) is 6.08 Å². The second kappa shape index (κ2) is 5.11. The molecule has 1 aromatic carbocycles. The Morgan fingerprint density at radius 2 is 2.24 bits per heavy atom. The summed E-state index contributed by atoms with van der Waals surface area (Å²) in [6.45, 7) is 1.71. The van der Waals surface area contributed by atoms with Gasteiger partial charge in [-0.15, -0.1) is 0 Å². The minimum Gasteiger partial charge on any atom is -0.481 e. The number of benzene rings is 1. The number of nitrogens with two attached hydrogens (primary N) is 1. The van der Waals surface area contributed by atoms with E-state index < -0.39 is 10.9 Å². The molecule has 3 N–H and O–H groups in total. The number of carboxylic acid groups (broad SMARTS) is 1. The smallest absolute Gasteiger partial charge is 0.307 e. The molecule has 0 unspecified atom stereocenters. The van der Waals surface area contributed by atoms with Crippen molar-refractivity contribution in [2.45, 2.75) is 13.3 Å². The normalized spacial score (nSPS) is 10.6. The van der Waals surface area contributed by atoms with Crippen LogP contribution in [0.4, 0.5) is 11.4 Å². The molecule has 0 aliphatic heterocycles. The predicted octanol–water partition coefficient (Wildman–Crippen LogP) is 1.97. The molecule has 1 rings (SSSR count). The molecule has 6 nitrogen and oxygen atoms in total. The van der Waals surface area contributed by atoms with Crippen molar-refractivity contribution in [3.63, 3.8) is 0 Å². The highest BCUT2D eigenvalue weighted by molar-refractivity contribution is 5.76. The zero-order valence-electron chi connectivity index (χ0n) is 9.21. The van der Waals surface area contributed by atoms with Crippen LogP contribution in [-0.4, -0.2) is 16.0 Å². The number of nitrogen functional groups attached to an aromatic ring is 1. The summed E-state index contributed by atoms with van der Waals surface area (Å²) in [4.78, 5) is 20.5. The highest BCUT2D eigenvalue weighted by Crippen LogP contribution is 2.27. The van der Waals surface area contributed by atoms with Crippen molar-refractivity contribution >= 4 is 23.4 Å². The van der Waals surface area contributed by atoms with Crippen LogP contribution in [0, 0.1) is 17.0 Å². The van der Waals surface area contributed by atoms with Crippen molar-refractivity contribution in [2.24, 2.45) is 0 Å². The molecule has 0 spiro atoms. The van der Waals surface area contributed by atoms with Crippen LogP contribution in [0.3, 0.4) is 0 Å². The number of hydrogen-bond donors (Lipinski definition) is 2. The Balaban J connectivity index is 3.11. The van der Waals surface area contributed by atoms with Crippen molar-refractivity contribution in [1.82, 2.24) is 0 Å². The third-order valence-electron chi connectivity index (χ3n) is 2.12. The van der Waals surface area contributed by atoms with Crippen LogP contribution >= 0.6 is 0 Å². The minimum absolute atomic E-state index is 0.0437. The molecule has 0 saturated carbocycles. The first kappa shape index (κ1) is 12.7. The summed E-state index contributed by atoms with van der Waals surface area (Å²) in [6.07, 6.45) is 2.72. The van der Waals surface area contributed by atoms with Gasteiger partial charge in [-0.25, -0.2) is 0 Å². The summed E-state index contributed by atoms with van der Waals surface area (Å²) in [5, 5.41) is 19.2. The first-order valence-electron chi connectivity index (χ1n) is 4.84. The number of nitrogens with zero attached hydrogens (tertiary/aromatic N) is 1. The summed E-state index contributed by atoms with van der Waals surface area (Å²) >= 11 is 0. The summed E-state index contributed by atoms with van der Waals surface area (Å²) in [5.41, 5.74) is 6.66. The first-order valence-corrected chi connectivity index (χ1v) is 4.84. The Hall–Kier alpha value is -2.37. The van der Waals surface area contributed by atoms with Gasteiger partial charge in [-0.05, 0) is 18.6 Å². The number of carboxylic acids is 1. The maximum Gasteiger partial charge on any atom is 0.307 e. The van der Waals surface area contributed by atoms with Gasteiger partial charge in [0.15, 0.2) is 0 Å². The first-order chi connectivity index (χ1) is 7.91. The molecule has 0 fully saturated rings. The van der Waals surface area contributed by atoms with Crippen LogP contribution < -0.4 is 5.73 Å². The Morgan fingerprint density at radius 3 is 2.76 bits per heavy atom. The highest BCUT2D eigenvalue weighted by Gasteiger charge is 2.14. The average Bonchev–Trinajstić information content (AvgIpc) is 2.21. The zero-order valence-corrected chi connectivity index (χ0v) is 9.21. The number of anilines is 1. The molecule has 1 aromatic rings. The highest BCUT2D eigenvalue weighted by atomic mass is 16.6. The number of aliphatic carboxylic acids is 1. The van der Waals surface area contributed by atoms with Gasteiger partial charge < -0.3 is 10.8 Å². The van der Waals surface area contributed by atoms with Gasteiger partial charge in [0.1, 0.15) is 5.69 Å². The number of carbonyl (C=O) groups is 1. The fourth-order valence-electron chi connectivity index (χ4n) is 1.38. The van der Waals surface area contributed by atoms with E-state index in [1.165, 1.54) is 18.2 Å². The lowest BCUT2D eigenvalue weighted by molar-refractivity contribution is -0.383. The number of hydrogen-bond acceptors (Lipinski definition) is 4. The van der Waals surface area contributed by atoms with Crippen LogP contribution in [0.1, 0.15) is 17.5 Å². The van der Waals surface area contributed by atoms with Gasteiger partial charge in [0.25, 0.3) is 5.69 Å². The van der Waals surface area contributed by atoms with E-state index in [0.29, 0.717) is 11.1 Å². The monoisotopic (exact) mass is 236 g/mol. The number of rotatable bonds is 4. The van der Waals surface area contributed by atoms with Crippen molar-refractivity contribution in [3.8, 4) is 0 Å². The Labute approximate surface area is 97.5 Å². The topological polar surface area (TPSA) is 106 Å². The Morgan fingerprint density at radius 1 is 1.59 bits per heavy atom. The van der Waals surface area contributed by atoms with Crippen LogP contribution in [0.15, 0.2) is 18.2 Å². The van der Waals surface area contributed by atoms with Crippen molar-refractivity contribution in [3.05, 3.63) is 39.4 Å². The Kier molecular flexibility index (Phi) is 3.82. The summed E-state index contributed by atoms with van der Waals surface area (Å²) < 4.78 is 0. The van der Waals surface area contributed by atoms with Gasteiger partial charge in [-0.3, -0.25) is 14.9 Å². The van der Waals surface area contributed by atoms with Gasteiger partial charge in [0.2, 0.25) is 0 Å². The second-order valence-electron chi connectivity index (χ2n) is 3.54. The third kappa shape index (κ3) is 3.30. The fraction of sp³-hybridized carbons (Fsp3) is 0.182. The second-order valence-corrected chi connectivity index (χ2v) is 3.54. The van der Waals surface area contributed by atoms with Crippen LogP contribution in [0.2, 0.25) is 0 Å². The molecule has 0 atom stereocenters. The van der Waals surface area contributed by atoms with E-state index >= 15 is 0 Å². The number of nitro groups is 1. The van der Waals surface area contributed by atoms with E-state index in [2.05, 4.69) is 0 Å². The molecule has 0 saturated heterocycles. The van der Waals surface area contributed by atoms with Gasteiger partial charge in [0.05, 0.1) is 11.3 Å². The van der Waals surface area contributed by atoms with E-state index in [0.717, 1.165) is 0 Å². The lowest BCUT2D eigenvalue weighted by Gasteiger charge is -2.03. The van der Waals surface area contributed by atoms with Crippen molar-refractivity contribution < 1.29 is 14.8 Å². The van der Waals surface area contributed by atoms with E-state index in [-0.39, 0.29) is 17.8 Å². The van der Waals surface area contributed by atoms with Gasteiger partial charge in [-0.1, -0.05) is 12.2 Å².